The number of nitrogens with zero attached hydrogens (tertiary/aromatic N) is 1. The Morgan fingerprint density at radius 2 is 1.86 bits per heavy atom. The summed E-state index contributed by atoms with van der Waals surface area (Å²) in [6.45, 7) is 3.75. The van der Waals surface area contributed by atoms with Gasteiger partial charge in [0.2, 0.25) is 5.91 Å². The first-order chi connectivity index (χ1) is 9.99. The van der Waals surface area contributed by atoms with E-state index in [0.29, 0.717) is 12.0 Å². The first-order valence-electron chi connectivity index (χ1n) is 6.88. The van der Waals surface area contributed by atoms with E-state index in [1.165, 1.54) is 4.90 Å². The van der Waals surface area contributed by atoms with Gasteiger partial charge in [-0.2, -0.15) is 0 Å². The molecule has 0 saturated heterocycles. The van der Waals surface area contributed by atoms with Gasteiger partial charge < -0.3 is 4.90 Å². The highest BCUT2D eigenvalue weighted by molar-refractivity contribution is 7.10. The van der Waals surface area contributed by atoms with E-state index in [-0.39, 0.29) is 11.7 Å². The molecule has 0 aliphatic carbocycles. The predicted octanol–water partition coefficient (Wildman–Crippen LogP) is 3.33. The highest BCUT2D eigenvalue weighted by atomic mass is 32.1. The molecule has 1 unspecified atom stereocenters. The molecule has 0 fully saturated rings. The molecule has 0 saturated carbocycles. The average molecular weight is 301 g/mol. The first-order valence-corrected chi connectivity index (χ1v) is 7.76. The average Bonchev–Trinajstić information content (AvgIpc) is 2.98. The fourth-order valence-corrected chi connectivity index (χ4v) is 2.73. The van der Waals surface area contributed by atoms with E-state index >= 15 is 0 Å². The van der Waals surface area contributed by atoms with Gasteiger partial charge in [0, 0.05) is 17.5 Å². The number of carbonyl (C=O) groups excluding carboxylic acids is 2. The Morgan fingerprint density at radius 3 is 2.43 bits per heavy atom. The lowest BCUT2D eigenvalue weighted by atomic mass is 10.0. The number of hydrogen-bond acceptors (Lipinski definition) is 3. The molecule has 3 nitrogen and oxygen atoms in total. The Balaban J connectivity index is 2.04. The molecule has 1 heterocycles. The van der Waals surface area contributed by atoms with Crippen LogP contribution < -0.4 is 0 Å². The van der Waals surface area contributed by atoms with Crippen LogP contribution in [0.5, 0.6) is 0 Å². The van der Waals surface area contributed by atoms with Crippen LogP contribution in [-0.4, -0.2) is 29.7 Å². The molecule has 2 rings (SSSR count). The van der Waals surface area contributed by atoms with Gasteiger partial charge in [-0.25, -0.2) is 0 Å². The van der Waals surface area contributed by atoms with E-state index in [1.54, 1.807) is 25.3 Å². The van der Waals surface area contributed by atoms with Crippen LogP contribution in [0.4, 0.5) is 0 Å². The third-order valence-corrected chi connectivity index (χ3v) is 4.47. The van der Waals surface area contributed by atoms with Gasteiger partial charge in [0.25, 0.3) is 0 Å². The van der Waals surface area contributed by atoms with Gasteiger partial charge in [0.1, 0.15) is 0 Å². The highest BCUT2D eigenvalue weighted by Gasteiger charge is 2.23. The quantitative estimate of drug-likeness (QED) is 0.794. The molecule has 4 heteroatoms. The van der Waals surface area contributed by atoms with E-state index in [1.807, 2.05) is 48.7 Å². The minimum absolute atomic E-state index is 0.0305. The van der Waals surface area contributed by atoms with Crippen molar-refractivity contribution < 1.29 is 9.59 Å². The number of benzene rings is 1. The highest BCUT2D eigenvalue weighted by Crippen LogP contribution is 2.13. The van der Waals surface area contributed by atoms with Crippen molar-refractivity contribution in [3.05, 3.63) is 57.8 Å². The summed E-state index contributed by atoms with van der Waals surface area (Å²) in [5.74, 6) is -0.0672. The van der Waals surface area contributed by atoms with Crippen molar-refractivity contribution in [2.75, 3.05) is 7.05 Å². The van der Waals surface area contributed by atoms with E-state index in [9.17, 15) is 9.59 Å². The second kappa shape index (κ2) is 6.68. The SMILES string of the molecule is Cc1ccc(C(=O)C(C)N(C)C(=O)Cc2cccs2)cc1. The molecule has 0 radical (unpaired) electrons. The number of thiophene rings is 1. The first kappa shape index (κ1) is 15.4. The summed E-state index contributed by atoms with van der Waals surface area (Å²) in [6.07, 6.45) is 0.347. The molecule has 1 aromatic carbocycles. The zero-order valence-electron chi connectivity index (χ0n) is 12.5. The molecule has 0 aliphatic rings. The molecular formula is C17H19NO2S. The van der Waals surface area contributed by atoms with Gasteiger partial charge in [0.15, 0.2) is 5.78 Å². The molecule has 0 aliphatic heterocycles. The number of Topliss-reactive ketones (excluding diaryl/α,β-unsaturated/α-hetero) is 1. The van der Waals surface area contributed by atoms with Crippen LogP contribution in [-0.2, 0) is 11.2 Å². The summed E-state index contributed by atoms with van der Waals surface area (Å²) >= 11 is 1.55. The Labute approximate surface area is 129 Å². The topological polar surface area (TPSA) is 37.4 Å². The maximum atomic E-state index is 12.4. The maximum absolute atomic E-state index is 12.4. The summed E-state index contributed by atoms with van der Waals surface area (Å²) in [5, 5.41) is 1.95. The monoisotopic (exact) mass is 301 g/mol. The number of hydrogen-bond donors (Lipinski definition) is 0. The Hall–Kier alpha value is -1.94. The van der Waals surface area contributed by atoms with E-state index in [4.69, 9.17) is 0 Å². The van der Waals surface area contributed by atoms with Crippen molar-refractivity contribution in [3.63, 3.8) is 0 Å². The molecule has 2 aromatic rings. The Bertz CT molecular complexity index is 617. The van der Waals surface area contributed by atoms with Crippen molar-refractivity contribution in [1.82, 2.24) is 4.90 Å². The van der Waals surface area contributed by atoms with Crippen molar-refractivity contribution >= 4 is 23.0 Å². The summed E-state index contributed by atoms with van der Waals surface area (Å²) < 4.78 is 0. The number of aryl methyl sites for hydroxylation is 1. The fourth-order valence-electron chi connectivity index (χ4n) is 2.04. The zero-order valence-corrected chi connectivity index (χ0v) is 13.3. The molecule has 1 aromatic heterocycles. The molecule has 110 valence electrons. The number of ketones is 1. The van der Waals surface area contributed by atoms with Gasteiger partial charge in [-0.15, -0.1) is 11.3 Å². The molecule has 0 N–H and O–H groups in total. The summed E-state index contributed by atoms with van der Waals surface area (Å²) in [4.78, 5) is 27.2. The standard InChI is InChI=1S/C17H19NO2S/c1-12-6-8-14(9-7-12)17(20)13(2)18(3)16(19)11-15-5-4-10-21-15/h4-10,13H,11H2,1-3H3. The van der Waals surface area contributed by atoms with Crippen molar-refractivity contribution in [2.24, 2.45) is 0 Å². The largest absolute Gasteiger partial charge is 0.335 e. The van der Waals surface area contributed by atoms with Crippen molar-refractivity contribution in [2.45, 2.75) is 26.3 Å². The fraction of sp³-hybridized carbons (Fsp3) is 0.294. The van der Waals surface area contributed by atoms with Gasteiger partial charge in [-0.3, -0.25) is 9.59 Å². The molecule has 0 spiro atoms. The zero-order chi connectivity index (χ0) is 15.4. The Morgan fingerprint density at radius 1 is 1.19 bits per heavy atom. The van der Waals surface area contributed by atoms with E-state index < -0.39 is 6.04 Å². The third-order valence-electron chi connectivity index (χ3n) is 3.60. The summed E-state index contributed by atoms with van der Waals surface area (Å²) in [5.41, 5.74) is 1.75. The van der Waals surface area contributed by atoms with Crippen LogP contribution in [0.2, 0.25) is 0 Å². The molecule has 0 bridgehead atoms. The third kappa shape index (κ3) is 3.79. The van der Waals surface area contributed by atoms with E-state index in [2.05, 4.69) is 0 Å². The molecule has 21 heavy (non-hydrogen) atoms. The maximum Gasteiger partial charge on any atom is 0.228 e. The van der Waals surface area contributed by atoms with Crippen LogP contribution in [0.1, 0.15) is 27.7 Å². The normalized spacial score (nSPS) is 12.0. The summed E-state index contributed by atoms with van der Waals surface area (Å²) in [6, 6.07) is 10.8. The summed E-state index contributed by atoms with van der Waals surface area (Å²) in [7, 11) is 1.69. The van der Waals surface area contributed by atoms with Crippen LogP contribution in [0.15, 0.2) is 41.8 Å². The molecule has 1 atom stereocenters. The predicted molar refractivity (Wildman–Crippen MR) is 85.8 cm³/mol. The van der Waals surface area contributed by atoms with Crippen molar-refractivity contribution in [1.29, 1.82) is 0 Å². The molecule has 1 amide bonds. The minimum Gasteiger partial charge on any atom is -0.335 e. The number of carbonyl (C=O) groups is 2. The second-order valence-electron chi connectivity index (χ2n) is 5.17. The second-order valence-corrected chi connectivity index (χ2v) is 6.20. The number of rotatable bonds is 5. The smallest absolute Gasteiger partial charge is 0.228 e. The number of amides is 1. The van der Waals surface area contributed by atoms with E-state index in [0.717, 1.165) is 10.4 Å². The van der Waals surface area contributed by atoms with Crippen LogP contribution in [0.25, 0.3) is 0 Å². The van der Waals surface area contributed by atoms with Crippen molar-refractivity contribution in [3.8, 4) is 0 Å². The Kier molecular flexibility index (Phi) is 4.91. The van der Waals surface area contributed by atoms with Gasteiger partial charge >= 0.3 is 0 Å². The lowest BCUT2D eigenvalue weighted by Crippen LogP contribution is -2.41. The molecular weight excluding hydrogens is 282 g/mol. The van der Waals surface area contributed by atoms with Gasteiger partial charge in [-0.1, -0.05) is 35.9 Å². The number of likely N-dealkylation sites (N-methyl/N-ethyl adjacent to an activating group) is 1. The van der Waals surface area contributed by atoms with Gasteiger partial charge in [0.05, 0.1) is 12.5 Å². The minimum atomic E-state index is -0.458. The lowest BCUT2D eigenvalue weighted by molar-refractivity contribution is -0.130. The van der Waals surface area contributed by atoms with Crippen LogP contribution in [0, 0.1) is 6.92 Å². The van der Waals surface area contributed by atoms with Crippen LogP contribution >= 0.6 is 11.3 Å². The van der Waals surface area contributed by atoms with Gasteiger partial charge in [-0.05, 0) is 25.3 Å². The lowest BCUT2D eigenvalue weighted by Gasteiger charge is -2.24. The van der Waals surface area contributed by atoms with Crippen LogP contribution in [0.3, 0.4) is 0 Å².